The fourth-order valence-electron chi connectivity index (χ4n) is 1.58. The quantitative estimate of drug-likeness (QED) is 0.848. The second kappa shape index (κ2) is 5.99. The van der Waals surface area contributed by atoms with Gasteiger partial charge in [0.15, 0.2) is 0 Å². The molecule has 2 rings (SSSR count). The van der Waals surface area contributed by atoms with E-state index >= 15 is 0 Å². The summed E-state index contributed by atoms with van der Waals surface area (Å²) < 4.78 is 0. The number of benzene rings is 1. The number of nitrogens with zero attached hydrogens (tertiary/aromatic N) is 2. The summed E-state index contributed by atoms with van der Waals surface area (Å²) in [7, 11) is 0. The van der Waals surface area contributed by atoms with Crippen molar-refractivity contribution in [3.05, 3.63) is 48.3 Å². The number of aryl methyl sites for hydroxylation is 1. The molecule has 1 N–H and O–H groups in total. The third kappa shape index (κ3) is 3.55. The molecule has 0 radical (unpaired) electrons. The van der Waals surface area contributed by atoms with E-state index in [-0.39, 0.29) is 0 Å². The molecule has 0 fully saturated rings. The maximum absolute atomic E-state index is 4.30. The molecule has 0 bridgehead atoms. The van der Waals surface area contributed by atoms with Crippen molar-refractivity contribution in [3.63, 3.8) is 0 Å². The number of nitrogens with one attached hydrogen (secondary N) is 1. The lowest BCUT2D eigenvalue weighted by atomic mass is 10.2. The molecule has 3 heteroatoms. The Morgan fingerprint density at radius 2 is 1.76 bits per heavy atom. The Kier molecular flexibility index (Phi) is 4.08. The third-order valence-corrected chi connectivity index (χ3v) is 2.55. The van der Waals surface area contributed by atoms with Crippen LogP contribution in [-0.4, -0.2) is 9.97 Å². The molecule has 0 saturated heterocycles. The van der Waals surface area contributed by atoms with Gasteiger partial charge in [0.2, 0.25) is 5.95 Å². The number of hydrogen-bond acceptors (Lipinski definition) is 3. The average Bonchev–Trinajstić information content (AvgIpc) is 2.39. The Morgan fingerprint density at radius 3 is 2.41 bits per heavy atom. The van der Waals surface area contributed by atoms with Gasteiger partial charge in [-0.25, -0.2) is 9.97 Å². The molecule has 0 aliphatic heterocycles. The Morgan fingerprint density at radius 1 is 1.06 bits per heavy atom. The molecular weight excluding hydrogens is 210 g/mol. The van der Waals surface area contributed by atoms with Crippen LogP contribution in [0.1, 0.15) is 25.3 Å². The summed E-state index contributed by atoms with van der Waals surface area (Å²) in [5, 5.41) is 3.16. The maximum Gasteiger partial charge on any atom is 0.227 e. The third-order valence-electron chi connectivity index (χ3n) is 2.55. The fraction of sp³-hybridized carbons (Fsp3) is 0.286. The van der Waals surface area contributed by atoms with Crippen molar-refractivity contribution in [3.8, 4) is 0 Å². The van der Waals surface area contributed by atoms with E-state index in [9.17, 15) is 0 Å². The molecule has 0 aliphatic rings. The predicted octanol–water partition coefficient (Wildman–Crippen LogP) is 3.56. The number of rotatable bonds is 5. The lowest BCUT2D eigenvalue weighted by Gasteiger charge is -2.04. The molecule has 2 aromatic rings. The number of anilines is 2. The zero-order chi connectivity index (χ0) is 11.9. The molecule has 1 heterocycles. The smallest absolute Gasteiger partial charge is 0.227 e. The zero-order valence-corrected chi connectivity index (χ0v) is 10.1. The Hall–Kier alpha value is -1.90. The van der Waals surface area contributed by atoms with E-state index in [4.69, 9.17) is 0 Å². The Bertz CT molecular complexity index is 437. The normalized spacial score (nSPS) is 10.2. The fourth-order valence-corrected chi connectivity index (χ4v) is 1.58. The topological polar surface area (TPSA) is 37.8 Å². The highest BCUT2D eigenvalue weighted by molar-refractivity contribution is 5.52. The van der Waals surface area contributed by atoms with Crippen LogP contribution in [0.3, 0.4) is 0 Å². The van der Waals surface area contributed by atoms with Crippen LogP contribution >= 0.6 is 0 Å². The number of aromatic nitrogens is 2. The van der Waals surface area contributed by atoms with Crippen LogP contribution in [0.15, 0.2) is 42.7 Å². The van der Waals surface area contributed by atoms with E-state index < -0.39 is 0 Å². The van der Waals surface area contributed by atoms with Gasteiger partial charge in [0.1, 0.15) is 0 Å². The van der Waals surface area contributed by atoms with Gasteiger partial charge in [0, 0.05) is 18.1 Å². The summed E-state index contributed by atoms with van der Waals surface area (Å²) in [6.45, 7) is 2.19. The van der Waals surface area contributed by atoms with E-state index in [0.29, 0.717) is 5.95 Å². The van der Waals surface area contributed by atoms with E-state index in [1.54, 1.807) is 0 Å². The van der Waals surface area contributed by atoms with Crippen LogP contribution in [0.5, 0.6) is 0 Å². The SMILES string of the molecule is CCCCc1cnc(Nc2ccccc2)nc1. The van der Waals surface area contributed by atoms with Crippen LogP contribution in [-0.2, 0) is 6.42 Å². The highest BCUT2D eigenvalue weighted by Gasteiger charge is 1.98. The van der Waals surface area contributed by atoms with Gasteiger partial charge >= 0.3 is 0 Å². The molecule has 17 heavy (non-hydrogen) atoms. The van der Waals surface area contributed by atoms with E-state index in [1.165, 1.54) is 18.4 Å². The van der Waals surface area contributed by atoms with E-state index in [0.717, 1.165) is 12.1 Å². The number of para-hydroxylation sites is 1. The number of hydrogen-bond donors (Lipinski definition) is 1. The first-order chi connectivity index (χ1) is 8.38. The lowest BCUT2D eigenvalue weighted by molar-refractivity contribution is 0.788. The molecule has 0 saturated carbocycles. The first-order valence-corrected chi connectivity index (χ1v) is 6.01. The monoisotopic (exact) mass is 227 g/mol. The molecule has 1 aromatic heterocycles. The van der Waals surface area contributed by atoms with Crippen LogP contribution in [0, 0.1) is 0 Å². The van der Waals surface area contributed by atoms with Gasteiger partial charge in [0.05, 0.1) is 0 Å². The standard InChI is InChI=1S/C14H17N3/c1-2-3-7-12-10-15-14(16-11-12)17-13-8-5-4-6-9-13/h4-6,8-11H,2-3,7H2,1H3,(H,15,16,17). The second-order valence-corrected chi connectivity index (χ2v) is 4.01. The lowest BCUT2D eigenvalue weighted by Crippen LogP contribution is -1.97. The van der Waals surface area contributed by atoms with Gasteiger partial charge in [-0.3, -0.25) is 0 Å². The van der Waals surface area contributed by atoms with Crippen LogP contribution in [0.2, 0.25) is 0 Å². The van der Waals surface area contributed by atoms with Crippen molar-refractivity contribution < 1.29 is 0 Å². The summed E-state index contributed by atoms with van der Waals surface area (Å²) in [5.74, 6) is 0.649. The summed E-state index contributed by atoms with van der Waals surface area (Å²) >= 11 is 0. The van der Waals surface area contributed by atoms with Gasteiger partial charge in [0.25, 0.3) is 0 Å². The van der Waals surface area contributed by atoms with E-state index in [1.807, 2.05) is 42.7 Å². The molecular formula is C14H17N3. The first kappa shape index (κ1) is 11.6. The summed E-state index contributed by atoms with van der Waals surface area (Å²) in [6, 6.07) is 9.94. The van der Waals surface area contributed by atoms with E-state index in [2.05, 4.69) is 22.2 Å². The first-order valence-electron chi connectivity index (χ1n) is 6.01. The zero-order valence-electron chi connectivity index (χ0n) is 10.1. The predicted molar refractivity (Wildman–Crippen MR) is 70.4 cm³/mol. The van der Waals surface area contributed by atoms with Crippen molar-refractivity contribution in [2.45, 2.75) is 26.2 Å². The minimum Gasteiger partial charge on any atom is -0.324 e. The molecule has 0 spiro atoms. The molecule has 0 atom stereocenters. The minimum atomic E-state index is 0.649. The summed E-state index contributed by atoms with van der Waals surface area (Å²) in [4.78, 5) is 8.61. The highest BCUT2D eigenvalue weighted by atomic mass is 15.1. The van der Waals surface area contributed by atoms with Crippen LogP contribution in [0.4, 0.5) is 11.6 Å². The molecule has 1 aromatic carbocycles. The van der Waals surface area contributed by atoms with Gasteiger partial charge in [-0.05, 0) is 30.5 Å². The van der Waals surface area contributed by atoms with Gasteiger partial charge in [-0.15, -0.1) is 0 Å². The Labute approximate surface area is 102 Å². The minimum absolute atomic E-state index is 0.649. The van der Waals surface area contributed by atoms with Crippen LogP contribution < -0.4 is 5.32 Å². The number of unbranched alkanes of at least 4 members (excludes halogenated alkanes) is 1. The van der Waals surface area contributed by atoms with Gasteiger partial charge < -0.3 is 5.32 Å². The second-order valence-electron chi connectivity index (χ2n) is 4.01. The molecule has 88 valence electrons. The Balaban J connectivity index is 1.98. The molecule has 3 nitrogen and oxygen atoms in total. The summed E-state index contributed by atoms with van der Waals surface area (Å²) in [5.41, 5.74) is 2.21. The molecule has 0 aliphatic carbocycles. The van der Waals surface area contributed by atoms with Crippen LogP contribution in [0.25, 0.3) is 0 Å². The van der Waals surface area contributed by atoms with Gasteiger partial charge in [-0.1, -0.05) is 31.5 Å². The average molecular weight is 227 g/mol. The van der Waals surface area contributed by atoms with Crippen molar-refractivity contribution in [1.82, 2.24) is 9.97 Å². The molecule has 0 amide bonds. The van der Waals surface area contributed by atoms with Crippen molar-refractivity contribution in [2.24, 2.45) is 0 Å². The maximum atomic E-state index is 4.30. The van der Waals surface area contributed by atoms with Crippen molar-refractivity contribution in [2.75, 3.05) is 5.32 Å². The highest BCUT2D eigenvalue weighted by Crippen LogP contribution is 2.11. The largest absolute Gasteiger partial charge is 0.324 e. The van der Waals surface area contributed by atoms with Crippen molar-refractivity contribution >= 4 is 11.6 Å². The molecule has 0 unspecified atom stereocenters. The summed E-state index contributed by atoms with van der Waals surface area (Å²) in [6.07, 6.45) is 7.24. The van der Waals surface area contributed by atoms with Crippen molar-refractivity contribution in [1.29, 1.82) is 0 Å². The van der Waals surface area contributed by atoms with Gasteiger partial charge in [-0.2, -0.15) is 0 Å².